The van der Waals surface area contributed by atoms with Gasteiger partial charge in [0.1, 0.15) is 11.5 Å². The van der Waals surface area contributed by atoms with E-state index in [0.29, 0.717) is 17.9 Å². The molecule has 2 aromatic carbocycles. The van der Waals surface area contributed by atoms with Crippen LogP contribution in [0, 0.1) is 0 Å². The SMILES string of the molecule is CCOc1ccc(S(=O)(=O)N/N=C/c2ccccc2OCC(=O)O)cc1. The minimum atomic E-state index is -3.84. The molecule has 2 N–H and O–H groups in total. The fourth-order valence-corrected chi connectivity index (χ4v) is 2.75. The third-order valence-corrected chi connectivity index (χ3v) is 4.33. The maximum atomic E-state index is 12.2. The molecule has 26 heavy (non-hydrogen) atoms. The number of rotatable bonds is 9. The van der Waals surface area contributed by atoms with E-state index in [-0.39, 0.29) is 10.6 Å². The van der Waals surface area contributed by atoms with Gasteiger partial charge in [-0.2, -0.15) is 13.5 Å². The molecule has 0 amide bonds. The van der Waals surface area contributed by atoms with Crippen molar-refractivity contribution < 1.29 is 27.8 Å². The molecule has 0 radical (unpaired) electrons. The zero-order chi connectivity index (χ0) is 19.0. The Balaban J connectivity index is 2.08. The van der Waals surface area contributed by atoms with Gasteiger partial charge >= 0.3 is 5.97 Å². The number of para-hydroxylation sites is 1. The van der Waals surface area contributed by atoms with Crippen LogP contribution in [0.4, 0.5) is 0 Å². The van der Waals surface area contributed by atoms with Gasteiger partial charge in [0.25, 0.3) is 10.0 Å². The Morgan fingerprint density at radius 3 is 2.50 bits per heavy atom. The van der Waals surface area contributed by atoms with Crippen molar-refractivity contribution in [3.8, 4) is 11.5 Å². The zero-order valence-corrected chi connectivity index (χ0v) is 14.8. The van der Waals surface area contributed by atoms with Gasteiger partial charge in [0.2, 0.25) is 0 Å². The summed E-state index contributed by atoms with van der Waals surface area (Å²) in [5, 5.41) is 12.4. The van der Waals surface area contributed by atoms with Gasteiger partial charge in [-0.3, -0.25) is 0 Å². The van der Waals surface area contributed by atoms with Crippen LogP contribution in [-0.2, 0) is 14.8 Å². The zero-order valence-electron chi connectivity index (χ0n) is 14.0. The maximum Gasteiger partial charge on any atom is 0.341 e. The highest BCUT2D eigenvalue weighted by Crippen LogP contribution is 2.17. The minimum Gasteiger partial charge on any atom is -0.494 e. The van der Waals surface area contributed by atoms with Gasteiger partial charge in [-0.15, -0.1) is 0 Å². The second-order valence-corrected chi connectivity index (χ2v) is 6.64. The second-order valence-electron chi connectivity index (χ2n) is 4.98. The van der Waals surface area contributed by atoms with E-state index in [1.54, 1.807) is 36.4 Å². The summed E-state index contributed by atoms with van der Waals surface area (Å²) >= 11 is 0. The average molecular weight is 378 g/mol. The topological polar surface area (TPSA) is 114 Å². The molecule has 138 valence electrons. The number of carbonyl (C=O) groups is 1. The highest BCUT2D eigenvalue weighted by atomic mass is 32.2. The summed E-state index contributed by atoms with van der Waals surface area (Å²) in [5.74, 6) is -0.272. The van der Waals surface area contributed by atoms with E-state index in [9.17, 15) is 13.2 Å². The molecule has 8 nitrogen and oxygen atoms in total. The van der Waals surface area contributed by atoms with E-state index in [2.05, 4.69) is 9.93 Å². The molecule has 0 atom stereocenters. The number of hydrazone groups is 1. The van der Waals surface area contributed by atoms with Gasteiger partial charge in [0, 0.05) is 5.56 Å². The highest BCUT2D eigenvalue weighted by Gasteiger charge is 2.12. The third kappa shape index (κ3) is 5.49. The van der Waals surface area contributed by atoms with Crippen molar-refractivity contribution in [1.29, 1.82) is 0 Å². The predicted molar refractivity (Wildman–Crippen MR) is 95.1 cm³/mol. The monoisotopic (exact) mass is 378 g/mol. The summed E-state index contributed by atoms with van der Waals surface area (Å²) in [4.78, 5) is 12.7. The number of ether oxygens (including phenoxy) is 2. The Labute approximate surface area is 151 Å². The lowest BCUT2D eigenvalue weighted by atomic mass is 10.2. The molecule has 0 saturated carbocycles. The van der Waals surface area contributed by atoms with Gasteiger partial charge in [-0.25, -0.2) is 9.63 Å². The number of benzene rings is 2. The van der Waals surface area contributed by atoms with Crippen LogP contribution in [0.15, 0.2) is 58.5 Å². The summed E-state index contributed by atoms with van der Waals surface area (Å²) in [6.45, 7) is 1.81. The molecule has 0 aliphatic rings. The van der Waals surface area contributed by atoms with Crippen molar-refractivity contribution >= 4 is 22.2 Å². The number of carboxylic acid groups (broad SMARTS) is 1. The fraction of sp³-hybridized carbons (Fsp3) is 0.176. The van der Waals surface area contributed by atoms with Crippen molar-refractivity contribution in [3.63, 3.8) is 0 Å². The van der Waals surface area contributed by atoms with Crippen molar-refractivity contribution in [1.82, 2.24) is 4.83 Å². The number of hydrogen-bond acceptors (Lipinski definition) is 6. The van der Waals surface area contributed by atoms with Crippen molar-refractivity contribution in [2.24, 2.45) is 5.10 Å². The van der Waals surface area contributed by atoms with Gasteiger partial charge in [0.15, 0.2) is 6.61 Å². The molecular weight excluding hydrogens is 360 g/mol. The van der Waals surface area contributed by atoms with Crippen LogP contribution in [0.5, 0.6) is 11.5 Å². The molecule has 0 aliphatic carbocycles. The van der Waals surface area contributed by atoms with E-state index in [1.807, 2.05) is 6.92 Å². The first-order chi connectivity index (χ1) is 12.4. The average Bonchev–Trinajstić information content (AvgIpc) is 2.61. The molecule has 2 aromatic rings. The van der Waals surface area contributed by atoms with Crippen LogP contribution in [-0.4, -0.2) is 38.9 Å². The quantitative estimate of drug-likeness (QED) is 0.508. The molecule has 0 bridgehead atoms. The number of carboxylic acids is 1. The molecule has 0 heterocycles. The molecular formula is C17H18N2O6S. The summed E-state index contributed by atoms with van der Waals surface area (Å²) in [5.41, 5.74) is 0.433. The molecule has 9 heteroatoms. The number of nitrogens with one attached hydrogen (secondary N) is 1. The number of nitrogens with zero attached hydrogens (tertiary/aromatic N) is 1. The number of sulfonamides is 1. The summed E-state index contributed by atoms with van der Waals surface area (Å²) < 4.78 is 34.8. The predicted octanol–water partition coefficient (Wildman–Crippen LogP) is 1.86. The van der Waals surface area contributed by atoms with Gasteiger partial charge < -0.3 is 14.6 Å². The minimum absolute atomic E-state index is 0.0357. The first-order valence-electron chi connectivity index (χ1n) is 7.63. The Kier molecular flexibility index (Phi) is 6.56. The standard InChI is InChI=1S/C17H18N2O6S/c1-2-24-14-7-9-15(10-8-14)26(22,23)19-18-11-13-5-3-4-6-16(13)25-12-17(20)21/h3-11,19H,2,12H2,1H3,(H,20,21)/b18-11+. The molecule has 0 aromatic heterocycles. The Hall–Kier alpha value is -3.07. The number of aliphatic carboxylic acids is 1. The summed E-state index contributed by atoms with van der Waals surface area (Å²) in [6, 6.07) is 12.5. The van der Waals surface area contributed by atoms with Crippen molar-refractivity contribution in [2.75, 3.05) is 13.2 Å². The Morgan fingerprint density at radius 2 is 1.85 bits per heavy atom. The van der Waals surface area contributed by atoms with E-state index < -0.39 is 22.6 Å². The summed E-state index contributed by atoms with van der Waals surface area (Å²) in [7, 11) is -3.84. The molecule has 0 aliphatic heterocycles. The smallest absolute Gasteiger partial charge is 0.341 e. The van der Waals surface area contributed by atoms with Crippen molar-refractivity contribution in [3.05, 3.63) is 54.1 Å². The maximum absolute atomic E-state index is 12.2. The largest absolute Gasteiger partial charge is 0.494 e. The van der Waals surface area contributed by atoms with Gasteiger partial charge in [-0.1, -0.05) is 12.1 Å². The lowest BCUT2D eigenvalue weighted by molar-refractivity contribution is -0.139. The van der Waals surface area contributed by atoms with E-state index in [4.69, 9.17) is 14.6 Å². The van der Waals surface area contributed by atoms with Gasteiger partial charge in [0.05, 0.1) is 17.7 Å². The molecule has 0 unspecified atom stereocenters. The molecule has 0 saturated heterocycles. The molecule has 2 rings (SSSR count). The van der Waals surface area contributed by atoms with Crippen LogP contribution < -0.4 is 14.3 Å². The van der Waals surface area contributed by atoms with Gasteiger partial charge in [-0.05, 0) is 43.3 Å². The normalized spacial score (nSPS) is 11.3. The summed E-state index contributed by atoms with van der Waals surface area (Å²) in [6.07, 6.45) is 1.24. The van der Waals surface area contributed by atoms with Crippen LogP contribution in [0.1, 0.15) is 12.5 Å². The third-order valence-electron chi connectivity index (χ3n) is 3.09. The highest BCUT2D eigenvalue weighted by molar-refractivity contribution is 7.89. The lowest BCUT2D eigenvalue weighted by Gasteiger charge is -2.07. The molecule has 0 spiro atoms. The van der Waals surface area contributed by atoms with E-state index >= 15 is 0 Å². The van der Waals surface area contributed by atoms with Crippen LogP contribution in [0.3, 0.4) is 0 Å². The van der Waals surface area contributed by atoms with Crippen molar-refractivity contribution in [2.45, 2.75) is 11.8 Å². The fourth-order valence-electron chi connectivity index (χ4n) is 1.96. The first kappa shape index (κ1) is 19.3. The first-order valence-corrected chi connectivity index (χ1v) is 9.12. The van der Waals surface area contributed by atoms with Crippen LogP contribution in [0.25, 0.3) is 0 Å². The van der Waals surface area contributed by atoms with E-state index in [0.717, 1.165) is 0 Å². The second kappa shape index (κ2) is 8.86. The molecule has 0 fully saturated rings. The Bertz CT molecular complexity index is 878. The van der Waals surface area contributed by atoms with E-state index in [1.165, 1.54) is 18.3 Å². The van der Waals surface area contributed by atoms with Crippen LogP contribution in [0.2, 0.25) is 0 Å². The lowest BCUT2D eigenvalue weighted by Crippen LogP contribution is -2.18. The van der Waals surface area contributed by atoms with Crippen LogP contribution >= 0.6 is 0 Å². The number of hydrogen-bond donors (Lipinski definition) is 2. The Morgan fingerprint density at radius 1 is 1.15 bits per heavy atom.